The second-order valence-corrected chi connectivity index (χ2v) is 4.84. The first-order valence-electron chi connectivity index (χ1n) is 2.64. The van der Waals surface area contributed by atoms with Gasteiger partial charge in [0.05, 0.1) is 0 Å². The third kappa shape index (κ3) is 4.68. The van der Waals surface area contributed by atoms with Crippen LogP contribution in [0.25, 0.3) is 0 Å². The summed E-state index contributed by atoms with van der Waals surface area (Å²) in [6, 6.07) is 0. The molecule has 1 N–H and O–H groups in total. The van der Waals surface area contributed by atoms with Crippen LogP contribution in [0.2, 0.25) is 0 Å². The highest BCUT2D eigenvalue weighted by Crippen LogP contribution is 2.16. The van der Waals surface area contributed by atoms with E-state index in [1.54, 1.807) is 0 Å². The van der Waals surface area contributed by atoms with Gasteiger partial charge in [-0.2, -0.15) is 0 Å². The molecule has 0 saturated heterocycles. The SMILES string of the molecule is O=C(O)C(Br)CC(Br)CBr. The predicted octanol–water partition coefficient (Wildman–Crippen LogP) is 2.38. The summed E-state index contributed by atoms with van der Waals surface area (Å²) in [6.07, 6.45) is 0.584. The summed E-state index contributed by atoms with van der Waals surface area (Å²) in [5.74, 6) is -0.814. The van der Waals surface area contributed by atoms with Crippen LogP contribution < -0.4 is 0 Å². The molecule has 0 bridgehead atoms. The predicted molar refractivity (Wildman–Crippen MR) is 51.5 cm³/mol. The molecular formula is C5H7Br3O2. The normalized spacial score (nSPS) is 16.3. The maximum Gasteiger partial charge on any atom is 0.317 e. The third-order valence-electron chi connectivity index (χ3n) is 0.898. The van der Waals surface area contributed by atoms with Crippen LogP contribution in [0.5, 0.6) is 0 Å². The summed E-state index contributed by atoms with van der Waals surface area (Å²) in [5.41, 5.74) is 0. The Morgan fingerprint density at radius 2 is 2.00 bits per heavy atom. The van der Waals surface area contributed by atoms with Crippen LogP contribution in [-0.2, 0) is 4.79 Å². The van der Waals surface area contributed by atoms with E-state index < -0.39 is 10.8 Å². The van der Waals surface area contributed by atoms with Gasteiger partial charge < -0.3 is 5.11 Å². The standard InChI is InChI=1S/C5H7Br3O2/c6-2-3(7)1-4(8)5(9)10/h3-4H,1-2H2,(H,9,10). The molecule has 0 heterocycles. The molecule has 5 heteroatoms. The van der Waals surface area contributed by atoms with E-state index in [4.69, 9.17) is 5.11 Å². The van der Waals surface area contributed by atoms with Crippen molar-refractivity contribution in [3.8, 4) is 0 Å². The van der Waals surface area contributed by atoms with Crippen molar-refractivity contribution in [1.82, 2.24) is 0 Å². The molecule has 0 rings (SSSR count). The Hall–Kier alpha value is 0.910. The Balaban J connectivity index is 3.56. The average Bonchev–Trinajstić information content (AvgIpc) is 1.87. The Kier molecular flexibility index (Phi) is 6.05. The van der Waals surface area contributed by atoms with Crippen molar-refractivity contribution in [2.75, 3.05) is 5.33 Å². The second-order valence-electron chi connectivity index (χ2n) is 1.79. The van der Waals surface area contributed by atoms with Crippen molar-refractivity contribution in [2.24, 2.45) is 0 Å². The molecule has 0 aromatic rings. The summed E-state index contributed by atoms with van der Waals surface area (Å²) in [4.78, 5) is 10.0. The smallest absolute Gasteiger partial charge is 0.317 e. The van der Waals surface area contributed by atoms with Gasteiger partial charge in [-0.3, -0.25) is 4.79 Å². The summed E-state index contributed by atoms with van der Waals surface area (Å²) in [5, 5.41) is 9.21. The summed E-state index contributed by atoms with van der Waals surface area (Å²) >= 11 is 9.57. The zero-order valence-electron chi connectivity index (χ0n) is 5.06. The number of rotatable bonds is 4. The monoisotopic (exact) mass is 336 g/mol. The first-order chi connectivity index (χ1) is 4.57. The largest absolute Gasteiger partial charge is 0.480 e. The van der Waals surface area contributed by atoms with Crippen LogP contribution in [-0.4, -0.2) is 26.1 Å². The van der Waals surface area contributed by atoms with Gasteiger partial charge in [0.15, 0.2) is 0 Å². The highest BCUT2D eigenvalue weighted by Gasteiger charge is 2.16. The van der Waals surface area contributed by atoms with Gasteiger partial charge in [0, 0.05) is 10.2 Å². The Morgan fingerprint density at radius 3 is 2.30 bits per heavy atom. The molecule has 2 nitrogen and oxygen atoms in total. The lowest BCUT2D eigenvalue weighted by atomic mass is 10.2. The van der Waals surface area contributed by atoms with E-state index in [1.807, 2.05) is 0 Å². The minimum atomic E-state index is -0.814. The van der Waals surface area contributed by atoms with Crippen molar-refractivity contribution < 1.29 is 9.90 Å². The van der Waals surface area contributed by atoms with E-state index in [-0.39, 0.29) is 4.83 Å². The molecule has 0 aromatic carbocycles. The van der Waals surface area contributed by atoms with Crippen LogP contribution in [0.3, 0.4) is 0 Å². The molecule has 2 unspecified atom stereocenters. The molecule has 2 atom stereocenters. The van der Waals surface area contributed by atoms with Crippen LogP contribution in [0.1, 0.15) is 6.42 Å². The number of hydrogen-bond acceptors (Lipinski definition) is 1. The number of aliphatic carboxylic acids is 1. The van der Waals surface area contributed by atoms with Crippen molar-refractivity contribution in [3.05, 3.63) is 0 Å². The average molecular weight is 339 g/mol. The molecule has 0 spiro atoms. The Morgan fingerprint density at radius 1 is 1.50 bits per heavy atom. The first-order valence-corrected chi connectivity index (χ1v) is 5.60. The number of carboxylic acids is 1. The summed E-state index contributed by atoms with van der Waals surface area (Å²) < 4.78 is 0. The zero-order valence-corrected chi connectivity index (χ0v) is 9.82. The maximum atomic E-state index is 10.3. The van der Waals surface area contributed by atoms with Gasteiger partial charge in [-0.15, -0.1) is 0 Å². The van der Waals surface area contributed by atoms with Crippen molar-refractivity contribution >= 4 is 53.8 Å². The van der Waals surface area contributed by atoms with Crippen LogP contribution in [0.4, 0.5) is 0 Å². The lowest BCUT2D eigenvalue weighted by molar-refractivity contribution is -0.136. The second kappa shape index (κ2) is 5.55. The van der Waals surface area contributed by atoms with Crippen molar-refractivity contribution in [1.29, 1.82) is 0 Å². The van der Waals surface area contributed by atoms with Gasteiger partial charge in [0.1, 0.15) is 4.83 Å². The van der Waals surface area contributed by atoms with Crippen LogP contribution in [0, 0.1) is 0 Å². The molecule has 60 valence electrons. The van der Waals surface area contributed by atoms with Gasteiger partial charge >= 0.3 is 5.97 Å². The maximum absolute atomic E-state index is 10.3. The number of carboxylic acid groups (broad SMARTS) is 1. The van der Waals surface area contributed by atoms with Gasteiger partial charge in [0.2, 0.25) is 0 Å². The third-order valence-corrected chi connectivity index (χ3v) is 4.01. The molecule has 0 amide bonds. The Labute approximate surface area is 84.8 Å². The molecule has 0 aliphatic carbocycles. The molecule has 0 radical (unpaired) electrons. The van der Waals surface area contributed by atoms with Crippen molar-refractivity contribution in [2.45, 2.75) is 16.1 Å². The minimum Gasteiger partial charge on any atom is -0.480 e. The molecule has 0 saturated carbocycles. The zero-order chi connectivity index (χ0) is 8.15. The van der Waals surface area contributed by atoms with Crippen LogP contribution >= 0.6 is 47.8 Å². The highest BCUT2D eigenvalue weighted by atomic mass is 79.9. The van der Waals surface area contributed by atoms with E-state index in [0.717, 1.165) is 5.33 Å². The molecule has 0 aliphatic heterocycles. The lowest BCUT2D eigenvalue weighted by Gasteiger charge is -2.07. The Bertz CT molecular complexity index is 117. The fourth-order valence-electron chi connectivity index (χ4n) is 0.388. The topological polar surface area (TPSA) is 37.3 Å². The number of carbonyl (C=O) groups is 1. The van der Waals surface area contributed by atoms with Gasteiger partial charge in [-0.1, -0.05) is 47.8 Å². The van der Waals surface area contributed by atoms with Gasteiger partial charge in [-0.25, -0.2) is 0 Å². The highest BCUT2D eigenvalue weighted by molar-refractivity contribution is 9.12. The molecule has 0 aliphatic rings. The van der Waals surface area contributed by atoms with E-state index in [9.17, 15) is 4.79 Å². The van der Waals surface area contributed by atoms with Crippen LogP contribution in [0.15, 0.2) is 0 Å². The number of alkyl halides is 3. The summed E-state index contributed by atoms with van der Waals surface area (Å²) in [7, 11) is 0. The summed E-state index contributed by atoms with van der Waals surface area (Å²) in [6.45, 7) is 0. The first kappa shape index (κ1) is 10.9. The van der Waals surface area contributed by atoms with E-state index in [2.05, 4.69) is 47.8 Å². The lowest BCUT2D eigenvalue weighted by Crippen LogP contribution is -2.17. The van der Waals surface area contributed by atoms with E-state index in [0.29, 0.717) is 6.42 Å². The quantitative estimate of drug-likeness (QED) is 0.799. The number of hydrogen-bond donors (Lipinski definition) is 1. The molecule has 0 fully saturated rings. The minimum absolute atomic E-state index is 0.216. The van der Waals surface area contributed by atoms with Gasteiger partial charge in [-0.05, 0) is 6.42 Å². The fraction of sp³-hybridized carbons (Fsp3) is 0.800. The molecule has 10 heavy (non-hydrogen) atoms. The number of halogens is 3. The fourth-order valence-corrected chi connectivity index (χ4v) is 1.98. The van der Waals surface area contributed by atoms with Crippen molar-refractivity contribution in [3.63, 3.8) is 0 Å². The van der Waals surface area contributed by atoms with Gasteiger partial charge in [0.25, 0.3) is 0 Å². The molecular weight excluding hydrogens is 332 g/mol. The van der Waals surface area contributed by atoms with E-state index in [1.165, 1.54) is 0 Å². The van der Waals surface area contributed by atoms with E-state index >= 15 is 0 Å². The molecule has 0 aromatic heterocycles.